The van der Waals surface area contributed by atoms with Crippen LogP contribution in [0.2, 0.25) is 5.02 Å². The summed E-state index contributed by atoms with van der Waals surface area (Å²) in [6, 6.07) is 15.2. The number of nitrogens with one attached hydrogen (secondary N) is 1. The molecule has 2 heterocycles. The Labute approximate surface area is 171 Å². The number of hydrogen-bond acceptors (Lipinski definition) is 5. The van der Waals surface area contributed by atoms with Crippen molar-refractivity contribution in [1.82, 2.24) is 4.98 Å². The quantitative estimate of drug-likeness (QED) is 0.604. The molecule has 3 aromatic rings. The van der Waals surface area contributed by atoms with Gasteiger partial charge >= 0.3 is 0 Å². The summed E-state index contributed by atoms with van der Waals surface area (Å²) in [6.45, 7) is -0.0763. The van der Waals surface area contributed by atoms with E-state index >= 15 is 0 Å². The van der Waals surface area contributed by atoms with Crippen molar-refractivity contribution < 1.29 is 9.53 Å². The van der Waals surface area contributed by atoms with Crippen LogP contribution in [0.1, 0.15) is 10.1 Å². The minimum atomic E-state index is -0.254. The van der Waals surface area contributed by atoms with Crippen LogP contribution in [0.5, 0.6) is 5.75 Å². The average molecular weight is 417 g/mol. The first-order valence-electron chi connectivity index (χ1n) is 8.49. The number of carbonyl (C=O) groups excluding carboxylic acids is 1. The highest BCUT2D eigenvalue weighted by atomic mass is 35.5. The highest BCUT2D eigenvalue weighted by molar-refractivity contribution is 8.19. The Balaban J connectivity index is 1.39. The van der Waals surface area contributed by atoms with Crippen LogP contribution >= 0.6 is 35.1 Å². The van der Waals surface area contributed by atoms with Crippen LogP contribution in [0.15, 0.2) is 54.7 Å². The van der Waals surface area contributed by atoms with E-state index in [9.17, 15) is 4.79 Å². The van der Waals surface area contributed by atoms with Crippen molar-refractivity contribution in [2.24, 2.45) is 0 Å². The summed E-state index contributed by atoms with van der Waals surface area (Å²) in [5, 5.41) is 4.26. The third-order valence-electron chi connectivity index (χ3n) is 4.09. The minimum Gasteiger partial charge on any atom is -0.484 e. The van der Waals surface area contributed by atoms with Crippen molar-refractivity contribution >= 4 is 57.6 Å². The Kier molecular flexibility index (Phi) is 5.76. The number of benzene rings is 2. The number of ether oxygens (including phenoxy) is 1. The fraction of sp³-hybridized carbons (Fsp3) is 0.200. The fourth-order valence-corrected chi connectivity index (χ4v) is 5.94. The number of anilines is 1. The number of aromatic nitrogens is 1. The molecular weight excluding hydrogens is 400 g/mol. The summed E-state index contributed by atoms with van der Waals surface area (Å²) < 4.78 is 6.13. The first-order chi connectivity index (χ1) is 13.2. The lowest BCUT2D eigenvalue weighted by atomic mass is 10.2. The van der Waals surface area contributed by atoms with Crippen LogP contribution in [0.4, 0.5) is 5.69 Å². The molecule has 4 rings (SSSR count). The van der Waals surface area contributed by atoms with E-state index in [4.69, 9.17) is 16.3 Å². The van der Waals surface area contributed by atoms with Crippen molar-refractivity contribution in [3.8, 4) is 5.75 Å². The monoisotopic (exact) mass is 416 g/mol. The van der Waals surface area contributed by atoms with Crippen molar-refractivity contribution in [3.63, 3.8) is 0 Å². The van der Waals surface area contributed by atoms with E-state index in [2.05, 4.69) is 22.4 Å². The van der Waals surface area contributed by atoms with Gasteiger partial charge in [0.05, 0.1) is 15.8 Å². The van der Waals surface area contributed by atoms with Crippen molar-refractivity contribution in [3.05, 3.63) is 65.3 Å². The van der Waals surface area contributed by atoms with Crippen LogP contribution in [0.25, 0.3) is 10.9 Å². The molecule has 7 heteroatoms. The lowest BCUT2D eigenvalue weighted by Gasteiger charge is -2.11. The molecule has 4 nitrogen and oxygen atoms in total. The molecule has 0 spiro atoms. The van der Waals surface area contributed by atoms with Gasteiger partial charge in [-0.15, -0.1) is 23.5 Å². The molecule has 0 saturated carbocycles. The predicted molar refractivity (Wildman–Crippen MR) is 115 cm³/mol. The summed E-state index contributed by atoms with van der Waals surface area (Å²) in [7, 11) is 0. The molecule has 1 fully saturated rings. The molecule has 1 aliphatic heterocycles. The second kappa shape index (κ2) is 8.42. The Hall–Kier alpha value is -1.89. The van der Waals surface area contributed by atoms with Gasteiger partial charge in [-0.25, -0.2) is 0 Å². The molecule has 27 heavy (non-hydrogen) atoms. The number of nitrogens with zero attached hydrogens (tertiary/aromatic N) is 1. The maximum atomic E-state index is 12.3. The average Bonchev–Trinajstić information content (AvgIpc) is 3.21. The molecule has 1 saturated heterocycles. The number of carbonyl (C=O) groups is 1. The van der Waals surface area contributed by atoms with E-state index in [1.54, 1.807) is 12.3 Å². The van der Waals surface area contributed by atoms with Gasteiger partial charge in [0.15, 0.2) is 6.61 Å². The van der Waals surface area contributed by atoms with E-state index in [-0.39, 0.29) is 12.5 Å². The van der Waals surface area contributed by atoms with Crippen molar-refractivity contribution in [2.75, 3.05) is 23.4 Å². The smallest absolute Gasteiger partial charge is 0.262 e. The highest BCUT2D eigenvalue weighted by Gasteiger charge is 2.18. The first-order valence-corrected chi connectivity index (χ1v) is 11.0. The second-order valence-electron chi connectivity index (χ2n) is 6.01. The van der Waals surface area contributed by atoms with Gasteiger partial charge in [-0.1, -0.05) is 29.8 Å². The van der Waals surface area contributed by atoms with E-state index in [1.165, 1.54) is 17.1 Å². The van der Waals surface area contributed by atoms with Crippen molar-refractivity contribution in [2.45, 2.75) is 4.58 Å². The van der Waals surface area contributed by atoms with Gasteiger partial charge < -0.3 is 10.1 Å². The van der Waals surface area contributed by atoms with E-state index in [0.29, 0.717) is 26.6 Å². The zero-order chi connectivity index (χ0) is 18.6. The normalized spacial score (nSPS) is 14.4. The number of pyridine rings is 1. The number of thioether (sulfide) groups is 2. The first kappa shape index (κ1) is 18.5. The minimum absolute atomic E-state index is 0.0763. The predicted octanol–water partition coefficient (Wildman–Crippen LogP) is 5.38. The third-order valence-corrected chi connectivity index (χ3v) is 7.41. The molecule has 0 aliphatic carbocycles. The summed E-state index contributed by atoms with van der Waals surface area (Å²) in [6.07, 6.45) is 1.69. The van der Waals surface area contributed by atoms with E-state index < -0.39 is 0 Å². The zero-order valence-electron chi connectivity index (χ0n) is 14.4. The number of hydrogen-bond donors (Lipinski definition) is 1. The van der Waals surface area contributed by atoms with Gasteiger partial charge in [0.2, 0.25) is 0 Å². The topological polar surface area (TPSA) is 51.2 Å². The molecule has 0 unspecified atom stereocenters. The Bertz CT molecular complexity index is 960. The van der Waals surface area contributed by atoms with Crippen LogP contribution in [-0.4, -0.2) is 29.0 Å². The SMILES string of the molecule is O=C(COc1ccc(C2SCCS2)cc1)Nc1cc(Cl)cc2cccnc12. The molecule has 138 valence electrons. The molecule has 1 aromatic heterocycles. The van der Waals surface area contributed by atoms with Gasteiger partial charge in [0, 0.05) is 28.1 Å². The van der Waals surface area contributed by atoms with Crippen LogP contribution in [0, 0.1) is 0 Å². The fourth-order valence-electron chi connectivity index (χ4n) is 2.86. The Morgan fingerprint density at radius 3 is 2.74 bits per heavy atom. The molecule has 0 radical (unpaired) electrons. The van der Waals surface area contributed by atoms with Crippen LogP contribution < -0.4 is 10.1 Å². The summed E-state index contributed by atoms with van der Waals surface area (Å²) in [4.78, 5) is 16.6. The summed E-state index contributed by atoms with van der Waals surface area (Å²) in [5.74, 6) is 2.81. The summed E-state index contributed by atoms with van der Waals surface area (Å²) >= 11 is 10.1. The Morgan fingerprint density at radius 2 is 1.96 bits per heavy atom. The molecule has 1 N–H and O–H groups in total. The second-order valence-corrected chi connectivity index (χ2v) is 9.17. The lowest BCUT2D eigenvalue weighted by Crippen LogP contribution is -2.20. The van der Waals surface area contributed by atoms with E-state index in [1.807, 2.05) is 53.9 Å². The number of halogens is 1. The van der Waals surface area contributed by atoms with Gasteiger partial charge in [-0.05, 0) is 35.9 Å². The lowest BCUT2D eigenvalue weighted by molar-refractivity contribution is -0.118. The molecule has 2 aromatic carbocycles. The number of fused-ring (bicyclic) bond motifs is 1. The molecule has 0 bridgehead atoms. The molecule has 1 aliphatic rings. The molecule has 1 amide bonds. The Morgan fingerprint density at radius 1 is 1.19 bits per heavy atom. The number of amides is 1. The molecular formula is C20H17ClN2O2S2. The van der Waals surface area contributed by atoms with Gasteiger partial charge in [-0.3, -0.25) is 9.78 Å². The largest absolute Gasteiger partial charge is 0.484 e. The van der Waals surface area contributed by atoms with Crippen LogP contribution in [-0.2, 0) is 4.79 Å². The highest BCUT2D eigenvalue weighted by Crippen LogP contribution is 2.45. The maximum absolute atomic E-state index is 12.3. The van der Waals surface area contributed by atoms with Crippen LogP contribution in [0.3, 0.4) is 0 Å². The third kappa shape index (κ3) is 4.51. The van der Waals surface area contributed by atoms with E-state index in [0.717, 1.165) is 5.39 Å². The standard InChI is InChI=1S/C20H17ClN2O2S2/c21-15-10-14-2-1-7-22-19(14)17(11-15)23-18(24)12-25-16-5-3-13(4-6-16)20-26-8-9-27-20/h1-7,10-11,20H,8-9,12H2,(H,23,24). The zero-order valence-corrected chi connectivity index (χ0v) is 16.7. The molecule has 0 atom stereocenters. The van der Waals surface area contributed by atoms with Gasteiger partial charge in [0.1, 0.15) is 5.75 Å². The number of rotatable bonds is 5. The maximum Gasteiger partial charge on any atom is 0.262 e. The van der Waals surface area contributed by atoms with Gasteiger partial charge in [-0.2, -0.15) is 0 Å². The van der Waals surface area contributed by atoms with Gasteiger partial charge in [0.25, 0.3) is 5.91 Å². The van der Waals surface area contributed by atoms with Crippen molar-refractivity contribution in [1.29, 1.82) is 0 Å². The summed E-state index contributed by atoms with van der Waals surface area (Å²) in [5.41, 5.74) is 2.57.